The largest absolute Gasteiger partial charge is 0.319 e. The zero-order chi connectivity index (χ0) is 11.4. The molecule has 0 spiro atoms. The van der Waals surface area contributed by atoms with Gasteiger partial charge in [0, 0.05) is 19.3 Å². The van der Waals surface area contributed by atoms with Gasteiger partial charge in [-0.2, -0.15) is 0 Å². The van der Waals surface area contributed by atoms with Crippen molar-refractivity contribution in [2.45, 2.75) is 57.9 Å². The van der Waals surface area contributed by atoms with Gasteiger partial charge >= 0.3 is 0 Å². The van der Waals surface area contributed by atoms with Gasteiger partial charge in [0.15, 0.2) is 5.78 Å². The van der Waals surface area contributed by atoms with E-state index in [1.54, 1.807) is 6.92 Å². The van der Waals surface area contributed by atoms with Crippen LogP contribution < -0.4 is 5.73 Å². The van der Waals surface area contributed by atoms with E-state index >= 15 is 0 Å². The van der Waals surface area contributed by atoms with Crippen LogP contribution in [0.2, 0.25) is 0 Å². The van der Waals surface area contributed by atoms with Gasteiger partial charge in [-0.15, -0.1) is 0 Å². The SMILES string of the molecule is CC.CCC(=O)C1(N)CCC(F)(F)C1. The van der Waals surface area contributed by atoms with E-state index in [1.807, 2.05) is 13.8 Å². The molecule has 1 unspecified atom stereocenters. The van der Waals surface area contributed by atoms with E-state index in [0.29, 0.717) is 0 Å². The Bertz CT molecular complexity index is 206. The summed E-state index contributed by atoms with van der Waals surface area (Å²) in [4.78, 5) is 11.2. The van der Waals surface area contributed by atoms with Crippen molar-refractivity contribution in [1.29, 1.82) is 0 Å². The maximum atomic E-state index is 12.7. The number of carbonyl (C=O) groups excluding carboxylic acids is 1. The maximum Gasteiger partial charge on any atom is 0.250 e. The van der Waals surface area contributed by atoms with Crippen LogP contribution in [0.25, 0.3) is 0 Å². The molecular weight excluding hydrogens is 188 g/mol. The van der Waals surface area contributed by atoms with Gasteiger partial charge < -0.3 is 5.73 Å². The number of carbonyl (C=O) groups is 1. The first kappa shape index (κ1) is 13.5. The summed E-state index contributed by atoms with van der Waals surface area (Å²) in [6.45, 7) is 5.65. The molecule has 84 valence electrons. The molecule has 14 heavy (non-hydrogen) atoms. The Balaban J connectivity index is 0.000000791. The van der Waals surface area contributed by atoms with E-state index in [1.165, 1.54) is 0 Å². The highest BCUT2D eigenvalue weighted by molar-refractivity contribution is 5.88. The van der Waals surface area contributed by atoms with Crippen LogP contribution in [0.15, 0.2) is 0 Å². The van der Waals surface area contributed by atoms with Crippen LogP contribution in [0, 0.1) is 0 Å². The number of alkyl halides is 2. The van der Waals surface area contributed by atoms with Crippen molar-refractivity contribution in [3.63, 3.8) is 0 Å². The molecular formula is C10H19F2NO. The molecule has 2 N–H and O–H groups in total. The molecule has 1 aliphatic carbocycles. The lowest BCUT2D eigenvalue weighted by Gasteiger charge is -2.20. The van der Waals surface area contributed by atoms with Crippen molar-refractivity contribution in [3.05, 3.63) is 0 Å². The number of Topliss-reactive ketones (excluding diaryl/α,β-unsaturated/α-hetero) is 1. The van der Waals surface area contributed by atoms with Gasteiger partial charge in [-0.05, 0) is 6.42 Å². The summed E-state index contributed by atoms with van der Waals surface area (Å²) in [6, 6.07) is 0. The number of hydrogen-bond acceptors (Lipinski definition) is 2. The monoisotopic (exact) mass is 207 g/mol. The van der Waals surface area contributed by atoms with Gasteiger partial charge in [0.05, 0.1) is 5.54 Å². The van der Waals surface area contributed by atoms with E-state index in [0.717, 1.165) is 0 Å². The minimum atomic E-state index is -2.74. The standard InChI is InChI=1S/C8H13F2NO.C2H6/c1-2-6(12)7(11)3-4-8(9,10)5-7;1-2/h2-5,11H2,1H3;1-2H3. The van der Waals surface area contributed by atoms with Gasteiger partial charge in [-0.1, -0.05) is 20.8 Å². The average molecular weight is 207 g/mol. The van der Waals surface area contributed by atoms with Gasteiger partial charge in [-0.25, -0.2) is 8.78 Å². The fourth-order valence-corrected chi connectivity index (χ4v) is 1.63. The Morgan fingerprint density at radius 1 is 1.36 bits per heavy atom. The normalized spacial score (nSPS) is 29.3. The molecule has 0 aromatic rings. The summed E-state index contributed by atoms with van der Waals surface area (Å²) in [5.74, 6) is -2.99. The summed E-state index contributed by atoms with van der Waals surface area (Å²) in [6.07, 6.45) is -0.374. The summed E-state index contributed by atoms with van der Waals surface area (Å²) >= 11 is 0. The maximum absolute atomic E-state index is 12.7. The lowest BCUT2D eigenvalue weighted by atomic mass is 9.92. The van der Waals surface area contributed by atoms with Crippen molar-refractivity contribution in [2.75, 3.05) is 0 Å². The van der Waals surface area contributed by atoms with Crippen molar-refractivity contribution in [2.24, 2.45) is 5.73 Å². The van der Waals surface area contributed by atoms with E-state index in [-0.39, 0.29) is 25.0 Å². The van der Waals surface area contributed by atoms with Crippen LogP contribution in [-0.4, -0.2) is 17.2 Å². The molecule has 1 aliphatic rings. The van der Waals surface area contributed by atoms with Crippen molar-refractivity contribution < 1.29 is 13.6 Å². The van der Waals surface area contributed by atoms with E-state index in [4.69, 9.17) is 5.73 Å². The molecule has 0 aliphatic heterocycles. The first-order chi connectivity index (χ1) is 6.40. The third kappa shape index (κ3) is 3.01. The van der Waals surface area contributed by atoms with Crippen LogP contribution in [0.4, 0.5) is 8.78 Å². The van der Waals surface area contributed by atoms with E-state index in [2.05, 4.69) is 0 Å². The smallest absolute Gasteiger partial charge is 0.250 e. The Labute approximate surface area is 83.9 Å². The minimum Gasteiger partial charge on any atom is -0.319 e. The fraction of sp³-hybridized carbons (Fsp3) is 0.900. The average Bonchev–Trinajstić information content (AvgIpc) is 2.44. The molecule has 0 aromatic carbocycles. The van der Waals surface area contributed by atoms with Crippen LogP contribution in [0.5, 0.6) is 0 Å². The lowest BCUT2D eigenvalue weighted by Crippen LogP contribution is -2.46. The van der Waals surface area contributed by atoms with E-state index < -0.39 is 17.9 Å². The molecule has 1 fully saturated rings. The first-order valence-electron chi connectivity index (χ1n) is 5.10. The molecule has 1 atom stereocenters. The van der Waals surface area contributed by atoms with Crippen LogP contribution >= 0.6 is 0 Å². The topological polar surface area (TPSA) is 43.1 Å². The summed E-state index contributed by atoms with van der Waals surface area (Å²) in [5, 5.41) is 0. The Morgan fingerprint density at radius 2 is 1.86 bits per heavy atom. The number of halogens is 2. The Morgan fingerprint density at radius 3 is 2.14 bits per heavy atom. The third-order valence-corrected chi connectivity index (χ3v) is 2.39. The first-order valence-corrected chi connectivity index (χ1v) is 5.10. The highest BCUT2D eigenvalue weighted by atomic mass is 19.3. The zero-order valence-electron chi connectivity index (χ0n) is 9.07. The Hall–Kier alpha value is -0.510. The number of hydrogen-bond donors (Lipinski definition) is 1. The van der Waals surface area contributed by atoms with Crippen LogP contribution in [0.1, 0.15) is 46.5 Å². The molecule has 4 heteroatoms. The molecule has 0 saturated heterocycles. The number of nitrogens with two attached hydrogens (primary N) is 1. The molecule has 2 nitrogen and oxygen atoms in total. The second kappa shape index (κ2) is 4.82. The molecule has 0 heterocycles. The molecule has 0 radical (unpaired) electrons. The highest BCUT2D eigenvalue weighted by Gasteiger charge is 2.50. The predicted molar refractivity (Wildman–Crippen MR) is 52.4 cm³/mol. The van der Waals surface area contributed by atoms with Gasteiger partial charge in [0.25, 0.3) is 0 Å². The van der Waals surface area contributed by atoms with Gasteiger partial charge in [0.1, 0.15) is 0 Å². The number of rotatable bonds is 2. The van der Waals surface area contributed by atoms with Crippen molar-refractivity contribution in [3.8, 4) is 0 Å². The molecule has 0 amide bonds. The Kier molecular flexibility index (Phi) is 4.65. The number of ketones is 1. The summed E-state index contributed by atoms with van der Waals surface area (Å²) in [5.41, 5.74) is 4.31. The second-order valence-electron chi connectivity index (χ2n) is 3.47. The minimum absolute atomic E-state index is 0.118. The fourth-order valence-electron chi connectivity index (χ4n) is 1.63. The van der Waals surface area contributed by atoms with Crippen LogP contribution in [-0.2, 0) is 4.79 Å². The second-order valence-corrected chi connectivity index (χ2v) is 3.47. The third-order valence-electron chi connectivity index (χ3n) is 2.39. The summed E-state index contributed by atoms with van der Waals surface area (Å²) < 4.78 is 25.4. The van der Waals surface area contributed by atoms with Crippen LogP contribution in [0.3, 0.4) is 0 Å². The van der Waals surface area contributed by atoms with Gasteiger partial charge in [-0.3, -0.25) is 4.79 Å². The molecule has 0 bridgehead atoms. The summed E-state index contributed by atoms with van der Waals surface area (Å²) in [7, 11) is 0. The highest BCUT2D eigenvalue weighted by Crippen LogP contribution is 2.40. The predicted octanol–water partition coefficient (Wildman–Crippen LogP) is 2.51. The van der Waals surface area contributed by atoms with Crippen molar-refractivity contribution >= 4 is 5.78 Å². The molecule has 1 saturated carbocycles. The van der Waals surface area contributed by atoms with E-state index in [9.17, 15) is 13.6 Å². The van der Waals surface area contributed by atoms with Crippen molar-refractivity contribution in [1.82, 2.24) is 0 Å². The zero-order valence-corrected chi connectivity index (χ0v) is 9.07. The quantitative estimate of drug-likeness (QED) is 0.756. The molecule has 1 rings (SSSR count). The van der Waals surface area contributed by atoms with Gasteiger partial charge in [0.2, 0.25) is 5.92 Å². The molecule has 0 aromatic heterocycles. The lowest BCUT2D eigenvalue weighted by molar-refractivity contribution is -0.124.